The van der Waals surface area contributed by atoms with Gasteiger partial charge < -0.3 is 15.2 Å². The molecular weight excluding hydrogens is 296 g/mol. The molecule has 1 atom stereocenters. The third kappa shape index (κ3) is 4.69. The summed E-state index contributed by atoms with van der Waals surface area (Å²) >= 11 is 0. The smallest absolute Gasteiger partial charge is 0.241 e. The van der Waals surface area contributed by atoms with Gasteiger partial charge in [0.1, 0.15) is 5.75 Å². The van der Waals surface area contributed by atoms with E-state index in [-0.39, 0.29) is 18.0 Å². The van der Waals surface area contributed by atoms with E-state index in [0.717, 1.165) is 0 Å². The van der Waals surface area contributed by atoms with Gasteiger partial charge in [-0.25, -0.2) is 8.42 Å². The Bertz CT molecular complexity index is 601. The molecule has 21 heavy (non-hydrogen) atoms. The number of rotatable bonds is 7. The van der Waals surface area contributed by atoms with E-state index in [0.29, 0.717) is 11.3 Å². The van der Waals surface area contributed by atoms with Gasteiger partial charge in [-0.2, -0.15) is 4.72 Å². The molecule has 0 aliphatic carbocycles. The maximum atomic E-state index is 12.2. The molecule has 0 spiro atoms. The van der Waals surface area contributed by atoms with Crippen molar-refractivity contribution in [3.8, 4) is 5.75 Å². The topological polar surface area (TPSA) is 105 Å². The van der Waals surface area contributed by atoms with Crippen LogP contribution in [0.3, 0.4) is 0 Å². The van der Waals surface area contributed by atoms with Crippen LogP contribution in [0.5, 0.6) is 5.75 Å². The van der Waals surface area contributed by atoms with Crippen LogP contribution in [-0.2, 0) is 14.8 Å². The largest absolute Gasteiger partial charge is 0.496 e. The summed E-state index contributed by atoms with van der Waals surface area (Å²) in [5.41, 5.74) is 0.678. The van der Waals surface area contributed by atoms with E-state index < -0.39 is 22.0 Å². The minimum atomic E-state index is -3.81. The Morgan fingerprint density at radius 3 is 2.62 bits per heavy atom. The zero-order chi connectivity index (χ0) is 16.0. The number of ether oxygens (including phenoxy) is 1. The molecule has 0 saturated carbocycles. The molecule has 0 aliphatic heterocycles. The predicted octanol–water partition coefficient (Wildman–Crippen LogP) is -0.221. The summed E-state index contributed by atoms with van der Waals surface area (Å²) in [6.45, 7) is 3.03. The predicted molar refractivity (Wildman–Crippen MR) is 77.6 cm³/mol. The van der Waals surface area contributed by atoms with Gasteiger partial charge in [0.2, 0.25) is 15.9 Å². The second kappa shape index (κ2) is 7.39. The molecule has 8 heteroatoms. The van der Waals surface area contributed by atoms with E-state index >= 15 is 0 Å². The fourth-order valence-electron chi connectivity index (χ4n) is 1.70. The van der Waals surface area contributed by atoms with Crippen LogP contribution in [0, 0.1) is 6.92 Å². The maximum absolute atomic E-state index is 12.2. The molecule has 1 aromatic carbocycles. The normalized spacial score (nSPS) is 12.8. The first-order valence-corrected chi connectivity index (χ1v) is 7.85. The fraction of sp³-hybridized carbons (Fsp3) is 0.462. The molecule has 0 aromatic heterocycles. The highest BCUT2D eigenvalue weighted by Crippen LogP contribution is 2.21. The van der Waals surface area contributed by atoms with E-state index in [1.807, 2.05) is 0 Å². The number of sulfonamides is 1. The van der Waals surface area contributed by atoms with Crippen LogP contribution in [-0.4, -0.2) is 45.7 Å². The lowest BCUT2D eigenvalue weighted by molar-refractivity contribution is -0.122. The second-order valence-electron chi connectivity index (χ2n) is 4.49. The standard InChI is InChI=1S/C13H20N2O5S/c1-9-8-11(4-5-12(9)20-3)21(18,19)15-10(2)13(17)14-6-7-16/h4-5,8,10,15-16H,6-7H2,1-3H3,(H,14,17)/t10-/m0/s1. The van der Waals surface area contributed by atoms with Gasteiger partial charge in [0.15, 0.2) is 0 Å². The quantitative estimate of drug-likeness (QED) is 0.645. The van der Waals surface area contributed by atoms with Crippen molar-refractivity contribution in [1.29, 1.82) is 0 Å². The van der Waals surface area contributed by atoms with Crippen LogP contribution in [0.15, 0.2) is 23.1 Å². The number of hydrogen-bond acceptors (Lipinski definition) is 5. The third-order valence-electron chi connectivity index (χ3n) is 2.81. The molecule has 1 amide bonds. The first-order chi connectivity index (χ1) is 9.81. The highest BCUT2D eigenvalue weighted by atomic mass is 32.2. The van der Waals surface area contributed by atoms with E-state index in [1.54, 1.807) is 13.0 Å². The van der Waals surface area contributed by atoms with Gasteiger partial charge in [0.05, 0.1) is 24.7 Å². The third-order valence-corrected chi connectivity index (χ3v) is 4.35. The van der Waals surface area contributed by atoms with Crippen molar-refractivity contribution in [3.63, 3.8) is 0 Å². The van der Waals surface area contributed by atoms with E-state index in [4.69, 9.17) is 9.84 Å². The molecule has 0 fully saturated rings. The number of hydrogen-bond donors (Lipinski definition) is 3. The molecule has 0 bridgehead atoms. The Labute approximate surface area is 124 Å². The number of carbonyl (C=O) groups is 1. The zero-order valence-corrected chi connectivity index (χ0v) is 13.0. The highest BCUT2D eigenvalue weighted by Gasteiger charge is 2.22. The molecular formula is C13H20N2O5S. The molecule has 0 aliphatic rings. The zero-order valence-electron chi connectivity index (χ0n) is 12.2. The Hall–Kier alpha value is -1.64. The van der Waals surface area contributed by atoms with Crippen LogP contribution in [0.2, 0.25) is 0 Å². The summed E-state index contributed by atoms with van der Waals surface area (Å²) in [6.07, 6.45) is 0. The first-order valence-electron chi connectivity index (χ1n) is 6.37. The summed E-state index contributed by atoms with van der Waals surface area (Å²) in [6, 6.07) is 3.50. The van der Waals surface area contributed by atoms with Gasteiger partial charge in [-0.3, -0.25) is 4.79 Å². The fourth-order valence-corrected chi connectivity index (χ4v) is 2.99. The van der Waals surface area contributed by atoms with Crippen molar-refractivity contribution in [2.24, 2.45) is 0 Å². The number of carbonyl (C=O) groups excluding carboxylic acids is 1. The SMILES string of the molecule is COc1ccc(S(=O)(=O)N[C@@H](C)C(=O)NCCO)cc1C. The van der Waals surface area contributed by atoms with E-state index in [9.17, 15) is 13.2 Å². The molecule has 3 N–H and O–H groups in total. The number of amides is 1. The summed E-state index contributed by atoms with van der Waals surface area (Å²) < 4.78 is 31.7. The van der Waals surface area contributed by atoms with Gasteiger partial charge in [-0.15, -0.1) is 0 Å². The van der Waals surface area contributed by atoms with Crippen molar-refractivity contribution in [2.45, 2.75) is 24.8 Å². The monoisotopic (exact) mass is 316 g/mol. The van der Waals surface area contributed by atoms with Gasteiger partial charge in [0, 0.05) is 6.54 Å². The molecule has 0 radical (unpaired) electrons. The Morgan fingerprint density at radius 1 is 1.43 bits per heavy atom. The average molecular weight is 316 g/mol. The number of aliphatic hydroxyl groups is 1. The average Bonchev–Trinajstić information content (AvgIpc) is 2.44. The number of aliphatic hydroxyl groups excluding tert-OH is 1. The Kier molecular flexibility index (Phi) is 6.13. The van der Waals surface area contributed by atoms with E-state index in [2.05, 4.69) is 10.0 Å². The van der Waals surface area contributed by atoms with Gasteiger partial charge in [-0.1, -0.05) is 0 Å². The Morgan fingerprint density at radius 2 is 2.10 bits per heavy atom. The molecule has 1 aromatic rings. The van der Waals surface area contributed by atoms with E-state index in [1.165, 1.54) is 26.2 Å². The number of methoxy groups -OCH3 is 1. The van der Waals surface area contributed by atoms with Crippen LogP contribution in [0.4, 0.5) is 0 Å². The van der Waals surface area contributed by atoms with Crippen LogP contribution in [0.1, 0.15) is 12.5 Å². The van der Waals surface area contributed by atoms with Gasteiger partial charge in [-0.05, 0) is 37.6 Å². The molecule has 7 nitrogen and oxygen atoms in total. The van der Waals surface area contributed by atoms with Crippen LogP contribution in [0.25, 0.3) is 0 Å². The lowest BCUT2D eigenvalue weighted by Gasteiger charge is -2.15. The lowest BCUT2D eigenvalue weighted by Crippen LogP contribution is -2.45. The maximum Gasteiger partial charge on any atom is 0.241 e. The summed E-state index contributed by atoms with van der Waals surface area (Å²) in [7, 11) is -2.30. The number of aryl methyl sites for hydroxylation is 1. The van der Waals surface area contributed by atoms with Gasteiger partial charge in [0.25, 0.3) is 0 Å². The molecule has 0 saturated heterocycles. The van der Waals surface area contributed by atoms with Crippen molar-refractivity contribution >= 4 is 15.9 Å². The van der Waals surface area contributed by atoms with Crippen molar-refractivity contribution in [3.05, 3.63) is 23.8 Å². The van der Waals surface area contributed by atoms with Crippen LogP contribution >= 0.6 is 0 Å². The summed E-state index contributed by atoms with van der Waals surface area (Å²) in [5, 5.41) is 11.0. The second-order valence-corrected chi connectivity index (χ2v) is 6.20. The molecule has 1 rings (SSSR count). The molecule has 0 heterocycles. The van der Waals surface area contributed by atoms with Crippen molar-refractivity contribution in [1.82, 2.24) is 10.0 Å². The summed E-state index contributed by atoms with van der Waals surface area (Å²) in [4.78, 5) is 11.7. The molecule has 118 valence electrons. The number of nitrogens with one attached hydrogen (secondary N) is 2. The highest BCUT2D eigenvalue weighted by molar-refractivity contribution is 7.89. The minimum absolute atomic E-state index is 0.0580. The first kappa shape index (κ1) is 17.4. The van der Waals surface area contributed by atoms with Crippen molar-refractivity contribution < 1.29 is 23.1 Å². The number of benzene rings is 1. The minimum Gasteiger partial charge on any atom is -0.496 e. The lowest BCUT2D eigenvalue weighted by atomic mass is 10.2. The molecule has 0 unspecified atom stereocenters. The Balaban J connectivity index is 2.86. The van der Waals surface area contributed by atoms with Crippen molar-refractivity contribution in [2.75, 3.05) is 20.3 Å². The van der Waals surface area contributed by atoms with Gasteiger partial charge >= 0.3 is 0 Å². The summed E-state index contributed by atoms with van der Waals surface area (Å²) in [5.74, 6) is 0.0838. The van der Waals surface area contributed by atoms with Crippen LogP contribution < -0.4 is 14.8 Å².